The van der Waals surface area contributed by atoms with E-state index < -0.39 is 10.8 Å². The highest BCUT2D eigenvalue weighted by Gasteiger charge is 2.17. The summed E-state index contributed by atoms with van der Waals surface area (Å²) in [6.45, 7) is 2.18. The first-order valence-electron chi connectivity index (χ1n) is 6.57. The Morgan fingerprint density at radius 3 is 2.53 bits per heavy atom. The molecule has 0 unspecified atom stereocenters. The Labute approximate surface area is 116 Å². The largest absolute Gasteiger partial charge is 0.462 e. The lowest BCUT2D eigenvalue weighted by Gasteiger charge is -2.23. The van der Waals surface area contributed by atoms with Crippen LogP contribution in [0.1, 0.15) is 30.1 Å². The van der Waals surface area contributed by atoms with Gasteiger partial charge in [0.25, 0.3) is 0 Å². The first-order chi connectivity index (χ1) is 9.19. The molecule has 0 aliphatic carbocycles. The topological polar surface area (TPSA) is 55.4 Å². The number of rotatable bonds is 4. The monoisotopic (exact) mass is 281 g/mol. The number of benzene rings is 1. The molecule has 0 spiro atoms. The van der Waals surface area contributed by atoms with Crippen LogP contribution in [0.2, 0.25) is 0 Å². The second kappa shape index (κ2) is 6.70. The molecule has 1 aromatic carbocycles. The number of hydrogen-bond donors (Lipinski definition) is 1. The molecule has 0 bridgehead atoms. The highest BCUT2D eigenvalue weighted by atomic mass is 32.2. The molecule has 1 aliphatic rings. The Bertz CT molecular complexity index is 448. The third-order valence-electron chi connectivity index (χ3n) is 3.15. The van der Waals surface area contributed by atoms with Crippen LogP contribution in [0.25, 0.3) is 0 Å². The minimum Gasteiger partial charge on any atom is -0.462 e. The van der Waals surface area contributed by atoms with Gasteiger partial charge in [-0.3, -0.25) is 4.21 Å². The number of ether oxygens (including phenoxy) is 1. The Morgan fingerprint density at radius 2 is 1.95 bits per heavy atom. The minimum absolute atomic E-state index is 0.290. The van der Waals surface area contributed by atoms with Crippen LogP contribution in [0, 0.1) is 0 Å². The first-order valence-corrected chi connectivity index (χ1v) is 8.06. The molecule has 1 fully saturated rings. The van der Waals surface area contributed by atoms with Crippen molar-refractivity contribution in [1.29, 1.82) is 0 Å². The van der Waals surface area contributed by atoms with Crippen LogP contribution in [0.5, 0.6) is 0 Å². The highest BCUT2D eigenvalue weighted by molar-refractivity contribution is 7.85. The zero-order valence-electron chi connectivity index (χ0n) is 11.1. The van der Waals surface area contributed by atoms with Crippen molar-refractivity contribution in [2.45, 2.75) is 25.8 Å². The summed E-state index contributed by atoms with van der Waals surface area (Å²) in [5.41, 5.74) is 1.56. The number of carbonyl (C=O) groups excluding carboxylic acids is 1. The fourth-order valence-corrected chi connectivity index (χ4v) is 3.39. The van der Waals surface area contributed by atoms with Crippen LogP contribution in [0.3, 0.4) is 0 Å². The average Bonchev–Trinajstić information content (AvgIpc) is 2.42. The molecule has 4 nitrogen and oxygen atoms in total. The zero-order chi connectivity index (χ0) is 13.7. The molecule has 0 radical (unpaired) electrons. The van der Waals surface area contributed by atoms with Crippen LogP contribution < -0.4 is 5.32 Å². The van der Waals surface area contributed by atoms with E-state index in [-0.39, 0.29) is 5.97 Å². The molecular formula is C14H19NO3S. The van der Waals surface area contributed by atoms with Crippen molar-refractivity contribution in [3.63, 3.8) is 0 Å². The lowest BCUT2D eigenvalue weighted by molar-refractivity contribution is 0.0526. The molecular weight excluding hydrogens is 262 g/mol. The third-order valence-corrected chi connectivity index (χ3v) is 4.54. The Kier molecular flexibility index (Phi) is 4.96. The molecule has 0 saturated carbocycles. The van der Waals surface area contributed by atoms with Crippen LogP contribution in [-0.2, 0) is 15.5 Å². The van der Waals surface area contributed by atoms with Crippen LogP contribution >= 0.6 is 0 Å². The first kappa shape index (κ1) is 14.1. The highest BCUT2D eigenvalue weighted by Crippen LogP contribution is 2.17. The van der Waals surface area contributed by atoms with Crippen molar-refractivity contribution in [2.24, 2.45) is 0 Å². The average molecular weight is 281 g/mol. The summed E-state index contributed by atoms with van der Waals surface area (Å²) in [4.78, 5) is 11.5. The Hall–Kier alpha value is -1.36. The normalized spacial score (nSPS) is 22.8. The van der Waals surface area contributed by atoms with Crippen molar-refractivity contribution in [2.75, 3.05) is 23.4 Å². The molecule has 2 rings (SSSR count). The minimum atomic E-state index is -0.632. The quantitative estimate of drug-likeness (QED) is 0.860. The zero-order valence-corrected chi connectivity index (χ0v) is 11.9. The van der Waals surface area contributed by atoms with Gasteiger partial charge in [0.1, 0.15) is 0 Å². The maximum atomic E-state index is 11.5. The van der Waals surface area contributed by atoms with Crippen LogP contribution in [0.4, 0.5) is 5.69 Å². The molecule has 0 aromatic heterocycles. The molecule has 0 amide bonds. The molecule has 1 aliphatic heterocycles. The van der Waals surface area contributed by atoms with Crippen molar-refractivity contribution in [1.82, 2.24) is 0 Å². The molecule has 19 heavy (non-hydrogen) atoms. The van der Waals surface area contributed by atoms with Gasteiger partial charge < -0.3 is 10.1 Å². The van der Waals surface area contributed by atoms with Gasteiger partial charge in [-0.15, -0.1) is 0 Å². The third kappa shape index (κ3) is 4.06. The van der Waals surface area contributed by atoms with Crippen molar-refractivity contribution in [3.8, 4) is 0 Å². The van der Waals surface area contributed by atoms with Gasteiger partial charge in [0, 0.05) is 34.0 Å². The standard InChI is InChI=1S/C14H19NO3S/c1-2-18-14(16)11-3-5-12(6-4-11)15-13-7-9-19(17)10-8-13/h3-6,13,15H,2,7-10H2,1H3. The summed E-state index contributed by atoms with van der Waals surface area (Å²) < 4.78 is 16.2. The van der Waals surface area contributed by atoms with E-state index in [1.165, 1.54) is 0 Å². The number of nitrogens with one attached hydrogen (secondary N) is 1. The number of esters is 1. The SMILES string of the molecule is CCOC(=O)c1ccc(NC2CCS(=O)CC2)cc1. The van der Waals surface area contributed by atoms with Gasteiger partial charge in [-0.25, -0.2) is 4.79 Å². The molecule has 1 aromatic rings. The Balaban J connectivity index is 1.91. The molecule has 1 saturated heterocycles. The molecule has 5 heteroatoms. The molecule has 0 atom stereocenters. The maximum absolute atomic E-state index is 11.5. The van der Waals surface area contributed by atoms with Crippen molar-refractivity contribution >= 4 is 22.5 Å². The van der Waals surface area contributed by atoms with E-state index in [9.17, 15) is 9.00 Å². The summed E-state index contributed by atoms with van der Waals surface area (Å²) in [6.07, 6.45) is 1.87. The Morgan fingerprint density at radius 1 is 1.32 bits per heavy atom. The van der Waals surface area contributed by atoms with E-state index in [0.29, 0.717) is 18.2 Å². The van der Waals surface area contributed by atoms with E-state index in [1.807, 2.05) is 12.1 Å². The second-order valence-electron chi connectivity index (χ2n) is 4.56. The summed E-state index contributed by atoms with van der Waals surface area (Å²) in [7, 11) is -0.632. The fourth-order valence-electron chi connectivity index (χ4n) is 2.09. The maximum Gasteiger partial charge on any atom is 0.338 e. The van der Waals surface area contributed by atoms with Gasteiger partial charge in [0.2, 0.25) is 0 Å². The number of anilines is 1. The van der Waals surface area contributed by atoms with E-state index >= 15 is 0 Å². The van der Waals surface area contributed by atoms with Gasteiger partial charge in [-0.05, 0) is 44.0 Å². The van der Waals surface area contributed by atoms with E-state index in [0.717, 1.165) is 30.0 Å². The smallest absolute Gasteiger partial charge is 0.338 e. The summed E-state index contributed by atoms with van der Waals surface area (Å²) >= 11 is 0. The number of carbonyl (C=O) groups is 1. The van der Waals surface area contributed by atoms with Gasteiger partial charge in [-0.1, -0.05) is 0 Å². The second-order valence-corrected chi connectivity index (χ2v) is 6.26. The molecule has 1 N–H and O–H groups in total. The van der Waals surface area contributed by atoms with Gasteiger partial charge in [0.05, 0.1) is 12.2 Å². The van der Waals surface area contributed by atoms with E-state index in [4.69, 9.17) is 4.74 Å². The lowest BCUT2D eigenvalue weighted by Crippen LogP contribution is -2.29. The van der Waals surface area contributed by atoms with E-state index in [2.05, 4.69) is 5.32 Å². The lowest BCUT2D eigenvalue weighted by atomic mass is 10.1. The fraction of sp³-hybridized carbons (Fsp3) is 0.500. The summed E-state index contributed by atoms with van der Waals surface area (Å²) in [5, 5.41) is 3.41. The molecule has 104 valence electrons. The van der Waals surface area contributed by atoms with Crippen LogP contribution in [-0.4, -0.2) is 34.3 Å². The van der Waals surface area contributed by atoms with Gasteiger partial charge in [-0.2, -0.15) is 0 Å². The summed E-state index contributed by atoms with van der Waals surface area (Å²) in [5.74, 6) is 1.26. The predicted octanol–water partition coefficient (Wildman–Crippen LogP) is 2.19. The molecule has 1 heterocycles. The van der Waals surface area contributed by atoms with Crippen molar-refractivity contribution < 1.29 is 13.7 Å². The number of hydrogen-bond acceptors (Lipinski definition) is 4. The predicted molar refractivity (Wildman–Crippen MR) is 76.9 cm³/mol. The van der Waals surface area contributed by atoms with E-state index in [1.54, 1.807) is 19.1 Å². The van der Waals surface area contributed by atoms with Gasteiger partial charge >= 0.3 is 5.97 Å². The van der Waals surface area contributed by atoms with Gasteiger partial charge in [0.15, 0.2) is 0 Å². The van der Waals surface area contributed by atoms with Crippen molar-refractivity contribution in [3.05, 3.63) is 29.8 Å². The summed E-state index contributed by atoms with van der Waals surface area (Å²) in [6, 6.07) is 7.68. The van der Waals surface area contributed by atoms with Crippen LogP contribution in [0.15, 0.2) is 24.3 Å².